The quantitative estimate of drug-likeness (QED) is 0.907. The molecule has 21 heavy (non-hydrogen) atoms. The number of aliphatic hydroxyl groups excluding tert-OH is 1. The third-order valence-electron chi connectivity index (χ3n) is 2.91. The van der Waals surface area contributed by atoms with Gasteiger partial charge in [-0.25, -0.2) is 4.98 Å². The summed E-state index contributed by atoms with van der Waals surface area (Å²) in [6, 6.07) is 7.54. The van der Waals surface area contributed by atoms with E-state index in [1.54, 1.807) is 4.68 Å². The summed E-state index contributed by atoms with van der Waals surface area (Å²) >= 11 is 0. The van der Waals surface area contributed by atoms with Crippen LogP contribution in [-0.2, 0) is 7.05 Å². The van der Waals surface area contributed by atoms with Crippen LogP contribution in [0.1, 0.15) is 32.6 Å². The standard InChI is InChI=1S/C15H22N4O.H2S/c1-15(2,3)16-10-14(20)13-7-5-6-11(17-13)12-8-9-19(4)18-12;/h5-9,14,16,20H,10H2,1-4H3;1H2/t14-;/m0./s1. The maximum Gasteiger partial charge on any atom is 0.111 e. The van der Waals surface area contributed by atoms with E-state index < -0.39 is 6.10 Å². The van der Waals surface area contributed by atoms with Crippen molar-refractivity contribution < 1.29 is 5.11 Å². The van der Waals surface area contributed by atoms with Crippen molar-refractivity contribution in [1.82, 2.24) is 20.1 Å². The van der Waals surface area contributed by atoms with Gasteiger partial charge in [0.15, 0.2) is 0 Å². The Balaban J connectivity index is 0.00000220. The largest absolute Gasteiger partial charge is 0.385 e. The molecule has 5 nitrogen and oxygen atoms in total. The highest BCUT2D eigenvalue weighted by Crippen LogP contribution is 2.18. The molecule has 0 saturated heterocycles. The van der Waals surface area contributed by atoms with Crippen molar-refractivity contribution in [1.29, 1.82) is 0 Å². The molecule has 0 aliphatic rings. The first-order valence-electron chi connectivity index (χ1n) is 6.75. The summed E-state index contributed by atoms with van der Waals surface area (Å²) in [4.78, 5) is 4.49. The van der Waals surface area contributed by atoms with Gasteiger partial charge in [0, 0.05) is 25.3 Å². The predicted octanol–water partition coefficient (Wildman–Crippen LogP) is 2.02. The van der Waals surface area contributed by atoms with Crippen LogP contribution in [0.5, 0.6) is 0 Å². The Morgan fingerprint density at radius 2 is 1.95 bits per heavy atom. The highest BCUT2D eigenvalue weighted by Gasteiger charge is 2.15. The lowest BCUT2D eigenvalue weighted by molar-refractivity contribution is 0.159. The van der Waals surface area contributed by atoms with Crippen molar-refractivity contribution in [2.24, 2.45) is 7.05 Å². The van der Waals surface area contributed by atoms with Gasteiger partial charge < -0.3 is 10.4 Å². The predicted molar refractivity (Wildman–Crippen MR) is 89.5 cm³/mol. The van der Waals surface area contributed by atoms with E-state index >= 15 is 0 Å². The fraction of sp³-hybridized carbons (Fsp3) is 0.467. The molecule has 0 radical (unpaired) electrons. The second kappa shape index (κ2) is 7.06. The van der Waals surface area contributed by atoms with Gasteiger partial charge in [-0.15, -0.1) is 0 Å². The number of nitrogens with zero attached hydrogens (tertiary/aromatic N) is 3. The Morgan fingerprint density at radius 1 is 1.24 bits per heavy atom. The highest BCUT2D eigenvalue weighted by atomic mass is 32.1. The van der Waals surface area contributed by atoms with Crippen LogP contribution >= 0.6 is 13.5 Å². The number of nitrogens with one attached hydrogen (secondary N) is 1. The van der Waals surface area contributed by atoms with Crippen LogP contribution in [0.25, 0.3) is 11.4 Å². The van der Waals surface area contributed by atoms with Gasteiger partial charge in [0.25, 0.3) is 0 Å². The fourth-order valence-corrected chi connectivity index (χ4v) is 1.84. The van der Waals surface area contributed by atoms with E-state index in [0.29, 0.717) is 12.2 Å². The summed E-state index contributed by atoms with van der Waals surface area (Å²) in [6.45, 7) is 6.68. The summed E-state index contributed by atoms with van der Waals surface area (Å²) in [7, 11) is 1.87. The third kappa shape index (κ3) is 5.15. The van der Waals surface area contributed by atoms with E-state index in [1.807, 2.05) is 37.5 Å². The number of aliphatic hydroxyl groups is 1. The Labute approximate surface area is 132 Å². The number of β-amino-alcohol motifs (C(OH)–C–C–N with tert-alkyl or cyclic N) is 1. The van der Waals surface area contributed by atoms with Gasteiger partial charge in [-0.1, -0.05) is 6.07 Å². The first kappa shape index (κ1) is 17.7. The van der Waals surface area contributed by atoms with Gasteiger partial charge in [0.05, 0.1) is 11.4 Å². The van der Waals surface area contributed by atoms with Crippen molar-refractivity contribution in [3.63, 3.8) is 0 Å². The van der Waals surface area contributed by atoms with Crippen molar-refractivity contribution in [3.05, 3.63) is 36.2 Å². The summed E-state index contributed by atoms with van der Waals surface area (Å²) in [5.41, 5.74) is 2.22. The second-order valence-corrected chi connectivity index (χ2v) is 5.97. The number of aromatic nitrogens is 3. The minimum absolute atomic E-state index is 0. The number of rotatable bonds is 4. The summed E-state index contributed by atoms with van der Waals surface area (Å²) in [6.07, 6.45) is 1.25. The monoisotopic (exact) mass is 308 g/mol. The topological polar surface area (TPSA) is 63.0 Å². The van der Waals surface area contributed by atoms with E-state index in [0.717, 1.165) is 11.4 Å². The smallest absolute Gasteiger partial charge is 0.111 e. The summed E-state index contributed by atoms with van der Waals surface area (Å²) in [5, 5.41) is 17.8. The Bertz CT molecular complexity index is 577. The molecule has 116 valence electrons. The first-order valence-corrected chi connectivity index (χ1v) is 6.75. The maximum absolute atomic E-state index is 10.2. The zero-order valence-corrected chi connectivity index (χ0v) is 14.0. The molecular formula is C15H24N4OS. The van der Waals surface area contributed by atoms with Gasteiger partial charge in [0.2, 0.25) is 0 Å². The molecule has 0 fully saturated rings. The molecule has 2 aromatic heterocycles. The molecule has 0 unspecified atom stereocenters. The lowest BCUT2D eigenvalue weighted by atomic mass is 10.1. The molecule has 0 aliphatic heterocycles. The van der Waals surface area contributed by atoms with Crippen LogP contribution < -0.4 is 5.32 Å². The minimum atomic E-state index is -0.627. The van der Waals surface area contributed by atoms with Gasteiger partial charge in [-0.2, -0.15) is 18.6 Å². The molecule has 0 saturated carbocycles. The van der Waals surface area contributed by atoms with Crippen LogP contribution in [0.2, 0.25) is 0 Å². The molecule has 2 rings (SSSR count). The molecule has 2 heterocycles. The minimum Gasteiger partial charge on any atom is -0.385 e. The van der Waals surface area contributed by atoms with Crippen LogP contribution in [0.3, 0.4) is 0 Å². The Morgan fingerprint density at radius 3 is 2.52 bits per heavy atom. The SMILES string of the molecule is Cn1ccc(-c2cccc([C@@H](O)CNC(C)(C)C)n2)n1.S. The summed E-state index contributed by atoms with van der Waals surface area (Å²) in [5.74, 6) is 0. The normalized spacial score (nSPS) is 12.8. The molecule has 0 amide bonds. The number of aryl methyl sites for hydroxylation is 1. The van der Waals surface area contributed by atoms with Gasteiger partial charge in [-0.3, -0.25) is 4.68 Å². The number of pyridine rings is 1. The first-order chi connectivity index (χ1) is 9.35. The summed E-state index contributed by atoms with van der Waals surface area (Å²) < 4.78 is 1.74. The molecular weight excluding hydrogens is 284 g/mol. The van der Waals surface area contributed by atoms with Crippen LogP contribution in [0.4, 0.5) is 0 Å². The van der Waals surface area contributed by atoms with Crippen molar-refractivity contribution in [3.8, 4) is 11.4 Å². The van der Waals surface area contributed by atoms with Crippen LogP contribution in [0.15, 0.2) is 30.5 Å². The Kier molecular flexibility index (Phi) is 5.95. The number of hydrogen-bond donors (Lipinski definition) is 2. The molecule has 2 N–H and O–H groups in total. The molecule has 0 bridgehead atoms. The molecule has 6 heteroatoms. The number of hydrogen-bond acceptors (Lipinski definition) is 4. The van der Waals surface area contributed by atoms with E-state index in [4.69, 9.17) is 0 Å². The average Bonchev–Trinajstić information content (AvgIpc) is 2.82. The van der Waals surface area contributed by atoms with E-state index in [-0.39, 0.29) is 19.0 Å². The van der Waals surface area contributed by atoms with Gasteiger partial charge >= 0.3 is 0 Å². The van der Waals surface area contributed by atoms with Crippen molar-refractivity contribution >= 4 is 13.5 Å². The Hall–Kier alpha value is -1.37. The lowest BCUT2D eigenvalue weighted by Crippen LogP contribution is -2.38. The molecule has 2 aromatic rings. The molecule has 1 atom stereocenters. The molecule has 0 aliphatic carbocycles. The van der Waals surface area contributed by atoms with Crippen LogP contribution in [0, 0.1) is 0 Å². The maximum atomic E-state index is 10.2. The van der Waals surface area contributed by atoms with E-state index in [9.17, 15) is 5.11 Å². The van der Waals surface area contributed by atoms with E-state index in [1.165, 1.54) is 0 Å². The zero-order chi connectivity index (χ0) is 14.8. The average molecular weight is 308 g/mol. The van der Waals surface area contributed by atoms with E-state index in [2.05, 4.69) is 36.2 Å². The lowest BCUT2D eigenvalue weighted by Gasteiger charge is -2.22. The third-order valence-corrected chi connectivity index (χ3v) is 2.91. The van der Waals surface area contributed by atoms with Crippen LogP contribution in [-0.4, -0.2) is 32.0 Å². The zero-order valence-electron chi connectivity index (χ0n) is 13.0. The fourth-order valence-electron chi connectivity index (χ4n) is 1.84. The second-order valence-electron chi connectivity index (χ2n) is 5.97. The van der Waals surface area contributed by atoms with Gasteiger partial charge in [0.1, 0.15) is 11.8 Å². The molecule has 0 aromatic carbocycles. The van der Waals surface area contributed by atoms with Crippen molar-refractivity contribution in [2.75, 3.05) is 6.54 Å². The highest BCUT2D eigenvalue weighted by molar-refractivity contribution is 7.59. The van der Waals surface area contributed by atoms with Gasteiger partial charge in [-0.05, 0) is 39.0 Å². The van der Waals surface area contributed by atoms with Crippen molar-refractivity contribution in [2.45, 2.75) is 32.4 Å². The molecule has 0 spiro atoms.